The number of amides is 2. The second-order valence-corrected chi connectivity index (χ2v) is 4.37. The Morgan fingerprint density at radius 3 is 2.94 bits per heavy atom. The van der Waals surface area contributed by atoms with Crippen LogP contribution in [0.5, 0.6) is 0 Å². The number of hydrogen-bond acceptors (Lipinski definition) is 3. The Balaban J connectivity index is 2.34. The topological polar surface area (TPSA) is 59.1 Å². The number of pyridine rings is 1. The van der Waals surface area contributed by atoms with Gasteiger partial charge in [-0.2, -0.15) is 0 Å². The molecule has 1 unspecified atom stereocenters. The fourth-order valence-corrected chi connectivity index (χ4v) is 2.24. The Kier molecular flexibility index (Phi) is 3.51. The molecule has 0 aliphatic carbocycles. The number of piperidine rings is 1. The van der Waals surface area contributed by atoms with Crippen molar-refractivity contribution in [2.75, 3.05) is 0 Å². The maximum absolute atomic E-state index is 14.0. The highest BCUT2D eigenvalue weighted by Gasteiger charge is 2.31. The van der Waals surface area contributed by atoms with Gasteiger partial charge in [0.2, 0.25) is 11.8 Å². The highest BCUT2D eigenvalue weighted by atomic mass is 79.9. The third-order valence-corrected chi connectivity index (χ3v) is 3.31. The zero-order chi connectivity index (χ0) is 12.4. The van der Waals surface area contributed by atoms with Crippen LogP contribution in [0.1, 0.15) is 30.0 Å². The van der Waals surface area contributed by atoms with E-state index in [1.54, 1.807) is 6.07 Å². The van der Waals surface area contributed by atoms with E-state index in [4.69, 9.17) is 0 Å². The molecule has 2 heterocycles. The van der Waals surface area contributed by atoms with Gasteiger partial charge in [0, 0.05) is 23.5 Å². The van der Waals surface area contributed by atoms with Gasteiger partial charge >= 0.3 is 0 Å². The molecule has 0 radical (unpaired) electrons. The maximum Gasteiger partial charge on any atom is 0.235 e. The lowest BCUT2D eigenvalue weighted by Crippen LogP contribution is -2.40. The number of hydrogen-bond donors (Lipinski definition) is 1. The van der Waals surface area contributed by atoms with Crippen molar-refractivity contribution in [2.24, 2.45) is 0 Å². The summed E-state index contributed by atoms with van der Waals surface area (Å²) >= 11 is 3.17. The Hall–Kier alpha value is -1.30. The van der Waals surface area contributed by atoms with Crippen molar-refractivity contribution in [3.8, 4) is 0 Å². The van der Waals surface area contributed by atoms with Crippen molar-refractivity contribution in [3.63, 3.8) is 0 Å². The fourth-order valence-electron chi connectivity index (χ4n) is 1.80. The van der Waals surface area contributed by atoms with Gasteiger partial charge in [-0.15, -0.1) is 0 Å². The van der Waals surface area contributed by atoms with E-state index < -0.39 is 17.6 Å². The third kappa shape index (κ3) is 2.36. The number of imide groups is 1. The molecular formula is C11H10BrFN2O2. The molecule has 0 aromatic carbocycles. The van der Waals surface area contributed by atoms with Crippen LogP contribution in [0.15, 0.2) is 12.3 Å². The summed E-state index contributed by atoms with van der Waals surface area (Å²) in [6, 6.07) is 1.56. The Bertz CT molecular complexity index is 479. The average molecular weight is 301 g/mol. The summed E-state index contributed by atoms with van der Waals surface area (Å²) in [5.74, 6) is -1.94. The second-order valence-electron chi connectivity index (χ2n) is 3.81. The molecule has 1 saturated heterocycles. The molecule has 1 aromatic heterocycles. The van der Waals surface area contributed by atoms with E-state index >= 15 is 0 Å². The minimum absolute atomic E-state index is 0.118. The van der Waals surface area contributed by atoms with Crippen LogP contribution < -0.4 is 5.32 Å². The number of alkyl halides is 1. The Morgan fingerprint density at radius 2 is 2.29 bits per heavy atom. The molecular weight excluding hydrogens is 291 g/mol. The van der Waals surface area contributed by atoms with Gasteiger partial charge in [0.1, 0.15) is 5.82 Å². The van der Waals surface area contributed by atoms with Crippen LogP contribution >= 0.6 is 15.9 Å². The minimum atomic E-state index is -0.674. The lowest BCUT2D eigenvalue weighted by atomic mass is 9.93. The van der Waals surface area contributed by atoms with Crippen LogP contribution in [0.25, 0.3) is 0 Å². The first-order valence-corrected chi connectivity index (χ1v) is 6.28. The van der Waals surface area contributed by atoms with Gasteiger partial charge in [-0.1, -0.05) is 15.9 Å². The monoisotopic (exact) mass is 300 g/mol. The third-order valence-electron chi connectivity index (χ3n) is 2.71. The first-order valence-electron chi connectivity index (χ1n) is 5.16. The van der Waals surface area contributed by atoms with Gasteiger partial charge < -0.3 is 0 Å². The first kappa shape index (κ1) is 12.2. The minimum Gasteiger partial charge on any atom is -0.296 e. The SMILES string of the molecule is O=C1CCC(c2nccc(CBr)c2F)C(=O)N1. The molecule has 2 rings (SSSR count). The van der Waals surface area contributed by atoms with Crippen molar-refractivity contribution in [1.82, 2.24) is 10.3 Å². The highest BCUT2D eigenvalue weighted by molar-refractivity contribution is 9.08. The van der Waals surface area contributed by atoms with Gasteiger partial charge in [-0.05, 0) is 12.5 Å². The second kappa shape index (κ2) is 4.91. The largest absolute Gasteiger partial charge is 0.296 e. The van der Waals surface area contributed by atoms with Gasteiger partial charge in [-0.3, -0.25) is 19.9 Å². The number of carbonyl (C=O) groups is 2. The summed E-state index contributed by atoms with van der Waals surface area (Å²) in [7, 11) is 0. The van der Waals surface area contributed by atoms with Crippen molar-refractivity contribution in [3.05, 3.63) is 29.3 Å². The Labute approximate surface area is 106 Å². The van der Waals surface area contributed by atoms with Crippen LogP contribution in [0, 0.1) is 5.82 Å². The molecule has 1 aliphatic rings. The van der Waals surface area contributed by atoms with Gasteiger partial charge in [0.05, 0.1) is 11.6 Å². The quantitative estimate of drug-likeness (QED) is 0.667. The van der Waals surface area contributed by atoms with Gasteiger partial charge in [-0.25, -0.2) is 4.39 Å². The Morgan fingerprint density at radius 1 is 1.53 bits per heavy atom. The fraction of sp³-hybridized carbons (Fsp3) is 0.364. The molecule has 0 bridgehead atoms. The standard InChI is InChI=1S/C11H10BrFN2O2/c12-5-6-3-4-14-10(9(6)13)7-1-2-8(16)15-11(7)17/h3-4,7H,1-2,5H2,(H,15,16,17). The molecule has 2 amide bonds. The molecule has 0 saturated carbocycles. The van der Waals surface area contributed by atoms with Crippen LogP contribution in [0.4, 0.5) is 4.39 Å². The van der Waals surface area contributed by atoms with Crippen LogP contribution in [-0.2, 0) is 14.9 Å². The summed E-state index contributed by atoms with van der Waals surface area (Å²) in [6.07, 6.45) is 2.00. The summed E-state index contributed by atoms with van der Waals surface area (Å²) < 4.78 is 14.0. The molecule has 1 aromatic rings. The first-order chi connectivity index (χ1) is 8.13. The molecule has 17 heavy (non-hydrogen) atoms. The number of nitrogens with zero attached hydrogens (tertiary/aromatic N) is 1. The van der Waals surface area contributed by atoms with E-state index in [0.29, 0.717) is 17.3 Å². The van der Waals surface area contributed by atoms with Crippen LogP contribution in [0.2, 0.25) is 0 Å². The molecule has 1 fully saturated rings. The zero-order valence-electron chi connectivity index (χ0n) is 8.87. The van der Waals surface area contributed by atoms with E-state index in [2.05, 4.69) is 26.2 Å². The van der Waals surface area contributed by atoms with E-state index in [0.717, 1.165) is 0 Å². The van der Waals surface area contributed by atoms with Crippen LogP contribution in [-0.4, -0.2) is 16.8 Å². The van der Waals surface area contributed by atoms with E-state index in [1.165, 1.54) is 6.20 Å². The van der Waals surface area contributed by atoms with Crippen LogP contribution in [0.3, 0.4) is 0 Å². The van der Waals surface area contributed by atoms with E-state index in [9.17, 15) is 14.0 Å². The molecule has 4 nitrogen and oxygen atoms in total. The highest BCUT2D eigenvalue weighted by Crippen LogP contribution is 2.27. The summed E-state index contributed by atoms with van der Waals surface area (Å²) in [5.41, 5.74) is 0.576. The maximum atomic E-state index is 14.0. The number of aromatic nitrogens is 1. The van der Waals surface area contributed by atoms with E-state index in [-0.39, 0.29) is 18.0 Å². The number of nitrogens with one attached hydrogen (secondary N) is 1. The smallest absolute Gasteiger partial charge is 0.235 e. The predicted octanol–water partition coefficient (Wildman–Crippen LogP) is 1.64. The summed E-state index contributed by atoms with van der Waals surface area (Å²) in [5, 5.41) is 2.56. The number of rotatable bonds is 2. The summed E-state index contributed by atoms with van der Waals surface area (Å²) in [6.45, 7) is 0. The lowest BCUT2D eigenvalue weighted by Gasteiger charge is -2.21. The van der Waals surface area contributed by atoms with Crippen molar-refractivity contribution < 1.29 is 14.0 Å². The molecule has 1 atom stereocenters. The molecule has 1 N–H and O–H groups in total. The zero-order valence-corrected chi connectivity index (χ0v) is 10.5. The predicted molar refractivity (Wildman–Crippen MR) is 62.0 cm³/mol. The van der Waals surface area contributed by atoms with Gasteiger partial charge in [0.15, 0.2) is 0 Å². The molecule has 0 spiro atoms. The normalized spacial score (nSPS) is 20.2. The van der Waals surface area contributed by atoms with Crippen molar-refractivity contribution in [1.29, 1.82) is 0 Å². The van der Waals surface area contributed by atoms with E-state index in [1.807, 2.05) is 0 Å². The molecule has 6 heteroatoms. The van der Waals surface area contributed by atoms with Crippen molar-refractivity contribution in [2.45, 2.75) is 24.1 Å². The molecule has 1 aliphatic heterocycles. The van der Waals surface area contributed by atoms with Crippen molar-refractivity contribution >= 4 is 27.7 Å². The molecule has 90 valence electrons. The average Bonchev–Trinajstić information content (AvgIpc) is 2.30. The number of halogens is 2. The number of carbonyl (C=O) groups excluding carboxylic acids is 2. The summed E-state index contributed by atoms with van der Waals surface area (Å²) in [4.78, 5) is 26.5. The van der Waals surface area contributed by atoms with Gasteiger partial charge in [0.25, 0.3) is 0 Å². The lowest BCUT2D eigenvalue weighted by molar-refractivity contribution is -0.134.